The van der Waals surface area contributed by atoms with Crippen molar-refractivity contribution >= 4 is 50.7 Å². The molecule has 0 saturated heterocycles. The number of amides is 2. The Bertz CT molecular complexity index is 1300. The Morgan fingerprint density at radius 3 is 2.11 bits per heavy atom. The number of nitrogens with zero attached hydrogens (tertiary/aromatic N) is 2. The molecule has 0 aromatic heterocycles. The fraction of sp³-hybridized carbons (Fsp3) is 0.231. The third kappa shape index (κ3) is 6.37. The molecule has 0 radical (unpaired) electrons. The van der Waals surface area contributed by atoms with Crippen molar-refractivity contribution in [3.63, 3.8) is 0 Å². The molecule has 0 aliphatic carbocycles. The van der Waals surface area contributed by atoms with E-state index < -0.39 is 28.5 Å². The van der Waals surface area contributed by atoms with Gasteiger partial charge in [0.2, 0.25) is 11.8 Å². The number of halogens is 2. The Morgan fingerprint density at radius 1 is 0.917 bits per heavy atom. The molecule has 3 aromatic carbocycles. The van der Waals surface area contributed by atoms with Crippen molar-refractivity contribution in [2.75, 3.05) is 17.9 Å². The standard InChI is InChI=1S/C26H27Cl2N3O4S/c1-3-24(26(33)29-2)30(17-19-9-7-8-12-23(19)28)25(32)18-31(21-15-13-20(27)14-16-21)36(34,35)22-10-5-4-6-11-22/h4-16,24H,3,17-18H2,1-2H3,(H,29,33)/t24-/m1/s1. The number of carbonyl (C=O) groups is 2. The van der Waals surface area contributed by atoms with Gasteiger partial charge in [0.1, 0.15) is 12.6 Å². The molecule has 3 rings (SSSR count). The summed E-state index contributed by atoms with van der Waals surface area (Å²) < 4.78 is 28.3. The van der Waals surface area contributed by atoms with Crippen LogP contribution in [-0.4, -0.2) is 44.8 Å². The number of sulfonamides is 1. The summed E-state index contributed by atoms with van der Waals surface area (Å²) in [4.78, 5) is 27.9. The van der Waals surface area contributed by atoms with E-state index in [0.29, 0.717) is 22.0 Å². The van der Waals surface area contributed by atoms with Crippen LogP contribution in [0, 0.1) is 0 Å². The van der Waals surface area contributed by atoms with Gasteiger partial charge in [-0.15, -0.1) is 0 Å². The molecule has 0 fully saturated rings. The van der Waals surface area contributed by atoms with Crippen molar-refractivity contribution in [1.82, 2.24) is 10.2 Å². The van der Waals surface area contributed by atoms with Crippen molar-refractivity contribution in [3.8, 4) is 0 Å². The van der Waals surface area contributed by atoms with Gasteiger partial charge in [-0.05, 0) is 54.4 Å². The minimum Gasteiger partial charge on any atom is -0.357 e. The van der Waals surface area contributed by atoms with Crippen molar-refractivity contribution in [2.24, 2.45) is 0 Å². The first kappa shape index (κ1) is 27.5. The van der Waals surface area contributed by atoms with E-state index in [0.717, 1.165) is 4.31 Å². The van der Waals surface area contributed by atoms with E-state index in [4.69, 9.17) is 23.2 Å². The predicted octanol–water partition coefficient (Wildman–Crippen LogP) is 4.74. The van der Waals surface area contributed by atoms with Gasteiger partial charge >= 0.3 is 0 Å². The normalized spacial score (nSPS) is 12.0. The number of likely N-dealkylation sites (N-methyl/N-ethyl adjacent to an activating group) is 1. The fourth-order valence-corrected chi connectivity index (χ4v) is 5.51. The Hall–Kier alpha value is -3.07. The summed E-state index contributed by atoms with van der Waals surface area (Å²) in [5.74, 6) is -0.915. The summed E-state index contributed by atoms with van der Waals surface area (Å²) in [6.45, 7) is 1.28. The van der Waals surface area contributed by atoms with Crippen LogP contribution in [0.25, 0.3) is 0 Å². The van der Waals surface area contributed by atoms with Gasteiger partial charge in [0.25, 0.3) is 10.0 Å². The van der Waals surface area contributed by atoms with Crippen molar-refractivity contribution in [3.05, 3.63) is 94.5 Å². The Balaban J connectivity index is 2.05. The number of nitrogens with one attached hydrogen (secondary N) is 1. The van der Waals surface area contributed by atoms with E-state index in [2.05, 4.69) is 5.32 Å². The van der Waals surface area contributed by atoms with Crippen LogP contribution in [0.2, 0.25) is 10.0 Å². The van der Waals surface area contributed by atoms with E-state index >= 15 is 0 Å². The molecule has 36 heavy (non-hydrogen) atoms. The van der Waals surface area contributed by atoms with Crippen LogP contribution in [-0.2, 0) is 26.2 Å². The monoisotopic (exact) mass is 547 g/mol. The summed E-state index contributed by atoms with van der Waals surface area (Å²) in [5.41, 5.74) is 0.904. The van der Waals surface area contributed by atoms with Gasteiger partial charge < -0.3 is 10.2 Å². The average molecular weight is 548 g/mol. The van der Waals surface area contributed by atoms with Gasteiger partial charge in [0.05, 0.1) is 10.6 Å². The largest absolute Gasteiger partial charge is 0.357 e. The van der Waals surface area contributed by atoms with E-state index in [1.165, 1.54) is 36.2 Å². The lowest BCUT2D eigenvalue weighted by Gasteiger charge is -2.33. The number of hydrogen-bond donors (Lipinski definition) is 1. The number of anilines is 1. The summed E-state index contributed by atoms with van der Waals surface area (Å²) in [6.07, 6.45) is 0.322. The van der Waals surface area contributed by atoms with E-state index in [-0.39, 0.29) is 23.0 Å². The maximum Gasteiger partial charge on any atom is 0.264 e. The molecule has 0 heterocycles. The lowest BCUT2D eigenvalue weighted by atomic mass is 10.1. The Kier molecular flexibility index (Phi) is 9.37. The lowest BCUT2D eigenvalue weighted by Crippen LogP contribution is -2.51. The van der Waals surface area contributed by atoms with Crippen molar-refractivity contribution < 1.29 is 18.0 Å². The molecule has 0 aliphatic rings. The smallest absolute Gasteiger partial charge is 0.264 e. The molecule has 0 unspecified atom stereocenters. The summed E-state index contributed by atoms with van der Waals surface area (Å²) in [5, 5.41) is 3.45. The molecule has 0 bridgehead atoms. The maximum absolute atomic E-state index is 13.8. The van der Waals surface area contributed by atoms with Crippen molar-refractivity contribution in [2.45, 2.75) is 30.8 Å². The highest BCUT2D eigenvalue weighted by Gasteiger charge is 2.33. The quantitative estimate of drug-likeness (QED) is 0.397. The lowest BCUT2D eigenvalue weighted by molar-refractivity contribution is -0.140. The molecule has 0 saturated carbocycles. The summed E-state index contributed by atoms with van der Waals surface area (Å²) in [6, 6.07) is 20.2. The second kappa shape index (κ2) is 12.3. The molecule has 0 spiro atoms. The van der Waals surface area contributed by atoms with Crippen LogP contribution >= 0.6 is 23.2 Å². The Morgan fingerprint density at radius 2 is 1.53 bits per heavy atom. The molecule has 2 amide bonds. The van der Waals surface area contributed by atoms with Crippen LogP contribution < -0.4 is 9.62 Å². The zero-order valence-corrected chi connectivity index (χ0v) is 22.2. The van der Waals surface area contributed by atoms with Gasteiger partial charge in [-0.2, -0.15) is 0 Å². The average Bonchev–Trinajstić information content (AvgIpc) is 2.89. The first-order valence-electron chi connectivity index (χ1n) is 11.3. The van der Waals surface area contributed by atoms with Crippen LogP contribution in [0.1, 0.15) is 18.9 Å². The highest BCUT2D eigenvalue weighted by Crippen LogP contribution is 2.26. The van der Waals surface area contributed by atoms with Crippen molar-refractivity contribution in [1.29, 1.82) is 0 Å². The van der Waals surface area contributed by atoms with E-state index in [1.54, 1.807) is 61.5 Å². The molecule has 3 aromatic rings. The van der Waals surface area contributed by atoms with E-state index in [9.17, 15) is 18.0 Å². The molecule has 1 N–H and O–H groups in total. The van der Waals surface area contributed by atoms with Gasteiger partial charge in [-0.1, -0.05) is 66.5 Å². The zero-order valence-electron chi connectivity index (χ0n) is 19.9. The van der Waals surface area contributed by atoms with Crippen LogP contribution in [0.4, 0.5) is 5.69 Å². The van der Waals surface area contributed by atoms with Gasteiger partial charge in [0.15, 0.2) is 0 Å². The highest BCUT2D eigenvalue weighted by molar-refractivity contribution is 7.92. The van der Waals surface area contributed by atoms with Crippen LogP contribution in [0.3, 0.4) is 0 Å². The fourth-order valence-electron chi connectivity index (χ4n) is 3.75. The highest BCUT2D eigenvalue weighted by atomic mass is 35.5. The number of benzene rings is 3. The molecular formula is C26H27Cl2N3O4S. The van der Waals surface area contributed by atoms with E-state index in [1.807, 2.05) is 0 Å². The first-order valence-corrected chi connectivity index (χ1v) is 13.5. The molecule has 1 atom stereocenters. The van der Waals surface area contributed by atoms with Gasteiger partial charge in [0, 0.05) is 23.6 Å². The van der Waals surface area contributed by atoms with Crippen LogP contribution in [0.15, 0.2) is 83.8 Å². The molecule has 10 heteroatoms. The minimum atomic E-state index is -4.12. The number of hydrogen-bond acceptors (Lipinski definition) is 4. The zero-order chi connectivity index (χ0) is 26.3. The second-order valence-corrected chi connectivity index (χ2v) is 10.7. The van der Waals surface area contributed by atoms with Crippen LogP contribution in [0.5, 0.6) is 0 Å². The number of carbonyl (C=O) groups excluding carboxylic acids is 2. The molecular weight excluding hydrogens is 521 g/mol. The minimum absolute atomic E-state index is 0.0312. The van der Waals surface area contributed by atoms with Gasteiger partial charge in [-0.3, -0.25) is 13.9 Å². The Labute approximate surface area is 221 Å². The molecule has 7 nitrogen and oxygen atoms in total. The topological polar surface area (TPSA) is 86.8 Å². The summed E-state index contributed by atoms with van der Waals surface area (Å²) in [7, 11) is -2.63. The maximum atomic E-state index is 13.8. The third-order valence-corrected chi connectivity index (χ3v) is 8.06. The number of rotatable bonds is 10. The summed E-state index contributed by atoms with van der Waals surface area (Å²) >= 11 is 12.4. The third-order valence-electron chi connectivity index (χ3n) is 5.66. The van der Waals surface area contributed by atoms with Gasteiger partial charge in [-0.25, -0.2) is 8.42 Å². The second-order valence-electron chi connectivity index (χ2n) is 7.95. The SMILES string of the molecule is CC[C@H](C(=O)NC)N(Cc1ccccc1Cl)C(=O)CN(c1ccc(Cl)cc1)S(=O)(=O)c1ccccc1. The predicted molar refractivity (Wildman–Crippen MR) is 143 cm³/mol. The first-order chi connectivity index (χ1) is 17.2. The molecule has 0 aliphatic heterocycles. The molecule has 190 valence electrons.